The summed E-state index contributed by atoms with van der Waals surface area (Å²) in [5.41, 5.74) is 0. The second-order valence-electron chi connectivity index (χ2n) is 3.10. The van der Waals surface area contributed by atoms with Crippen molar-refractivity contribution in [3.63, 3.8) is 0 Å². The van der Waals surface area contributed by atoms with Crippen LogP contribution in [0.4, 0.5) is 0 Å². The third-order valence-electron chi connectivity index (χ3n) is 2.02. The molecule has 2 fully saturated rings. The SMILES string of the molecule is CC[C@H](O)[C]1[CH][CH][CH][CH]1.[CH]1[CH][CH][CH][CH]1.[Fe+2]. The normalized spacial score (nSPS) is 22.8. The van der Waals surface area contributed by atoms with Crippen molar-refractivity contribution in [1.82, 2.24) is 0 Å². The minimum atomic E-state index is -0.264. The van der Waals surface area contributed by atoms with Crippen LogP contribution in [0.1, 0.15) is 13.3 Å². The molecule has 2 saturated carbocycles. The zero-order valence-corrected chi connectivity index (χ0v) is 9.89. The Balaban J connectivity index is 0.000000280. The van der Waals surface area contributed by atoms with Crippen molar-refractivity contribution in [2.75, 3.05) is 0 Å². The van der Waals surface area contributed by atoms with E-state index in [1.807, 2.05) is 64.7 Å². The van der Waals surface area contributed by atoms with Gasteiger partial charge in [0.2, 0.25) is 0 Å². The van der Waals surface area contributed by atoms with E-state index in [4.69, 9.17) is 0 Å². The van der Waals surface area contributed by atoms with Gasteiger partial charge in [0.05, 0.1) is 6.10 Å². The van der Waals surface area contributed by atoms with E-state index in [-0.39, 0.29) is 23.2 Å². The van der Waals surface area contributed by atoms with Crippen LogP contribution in [0.15, 0.2) is 0 Å². The molecule has 0 bridgehead atoms. The van der Waals surface area contributed by atoms with Gasteiger partial charge in [-0.1, -0.05) is 6.92 Å². The smallest absolute Gasteiger partial charge is 0.393 e. The van der Waals surface area contributed by atoms with Gasteiger partial charge in [-0.05, 0) is 64.2 Å². The Morgan fingerprint density at radius 3 is 1.67 bits per heavy atom. The summed E-state index contributed by atoms with van der Waals surface area (Å²) >= 11 is 0. The van der Waals surface area contributed by atoms with Gasteiger partial charge in [-0.3, -0.25) is 0 Å². The van der Waals surface area contributed by atoms with Crippen LogP contribution in [-0.4, -0.2) is 11.2 Å². The zero-order valence-electron chi connectivity index (χ0n) is 8.78. The van der Waals surface area contributed by atoms with Crippen molar-refractivity contribution >= 4 is 0 Å². The van der Waals surface area contributed by atoms with E-state index in [0.717, 1.165) is 12.3 Å². The first-order valence-electron chi connectivity index (χ1n) is 4.91. The summed E-state index contributed by atoms with van der Waals surface area (Å²) in [6, 6.07) is 0. The van der Waals surface area contributed by atoms with Crippen molar-refractivity contribution in [3.8, 4) is 0 Å². The molecule has 2 aliphatic rings. The monoisotopic (exact) mass is 244 g/mol. The molecule has 0 aromatic rings. The topological polar surface area (TPSA) is 20.2 Å². The van der Waals surface area contributed by atoms with Crippen LogP contribution >= 0.6 is 0 Å². The molecule has 2 heteroatoms. The van der Waals surface area contributed by atoms with Crippen molar-refractivity contribution in [1.29, 1.82) is 0 Å². The van der Waals surface area contributed by atoms with Crippen LogP contribution in [-0.2, 0) is 17.1 Å². The summed E-state index contributed by atoms with van der Waals surface area (Å²) in [6.45, 7) is 1.97. The Morgan fingerprint density at radius 2 is 1.33 bits per heavy atom. The summed E-state index contributed by atoms with van der Waals surface area (Å²) in [5.74, 6) is 1.03. The molecular weight excluding hydrogens is 228 g/mol. The first-order chi connectivity index (χ1) is 6.84. The van der Waals surface area contributed by atoms with Gasteiger partial charge in [-0.2, -0.15) is 0 Å². The molecule has 1 nitrogen and oxygen atoms in total. The quantitative estimate of drug-likeness (QED) is 0.738. The van der Waals surface area contributed by atoms with Crippen molar-refractivity contribution < 1.29 is 22.2 Å². The summed E-state index contributed by atoms with van der Waals surface area (Å²) in [7, 11) is 0. The Bertz CT molecular complexity index is 121. The van der Waals surface area contributed by atoms with Crippen LogP contribution in [0.25, 0.3) is 0 Å². The fraction of sp³-hybridized carbons (Fsp3) is 0.231. The second-order valence-corrected chi connectivity index (χ2v) is 3.10. The predicted octanol–water partition coefficient (Wildman–Crippen LogP) is 2.18. The van der Waals surface area contributed by atoms with Gasteiger partial charge < -0.3 is 5.11 Å². The molecule has 0 aromatic carbocycles. The van der Waals surface area contributed by atoms with Crippen molar-refractivity contribution in [3.05, 3.63) is 63.7 Å². The average Bonchev–Trinajstić information content (AvgIpc) is 2.91. The van der Waals surface area contributed by atoms with E-state index >= 15 is 0 Å². The van der Waals surface area contributed by atoms with Crippen molar-refractivity contribution in [2.24, 2.45) is 0 Å². The minimum Gasteiger partial charge on any atom is -0.393 e. The van der Waals surface area contributed by atoms with Gasteiger partial charge in [0.15, 0.2) is 0 Å². The molecule has 2 rings (SSSR count). The molecule has 0 spiro atoms. The Morgan fingerprint density at radius 1 is 0.933 bits per heavy atom. The minimum absolute atomic E-state index is 0. The molecule has 15 heavy (non-hydrogen) atoms. The van der Waals surface area contributed by atoms with Crippen molar-refractivity contribution in [2.45, 2.75) is 19.4 Å². The average molecular weight is 244 g/mol. The number of aliphatic hydroxyl groups excluding tert-OH is 1. The predicted molar refractivity (Wildman–Crippen MR) is 58.2 cm³/mol. The molecule has 80 valence electrons. The third-order valence-corrected chi connectivity index (χ3v) is 2.02. The van der Waals surface area contributed by atoms with E-state index in [2.05, 4.69) is 0 Å². The van der Waals surface area contributed by atoms with Crippen LogP contribution in [0, 0.1) is 63.7 Å². The van der Waals surface area contributed by atoms with Gasteiger partial charge >= 0.3 is 17.1 Å². The summed E-state index contributed by atoms with van der Waals surface area (Å²) in [6.07, 6.45) is 18.3. The Hall–Kier alpha value is 0.479. The molecule has 0 aliphatic heterocycles. The molecule has 2 aliphatic carbocycles. The maximum absolute atomic E-state index is 9.22. The summed E-state index contributed by atoms with van der Waals surface area (Å²) in [5, 5.41) is 9.22. The van der Waals surface area contributed by atoms with E-state index in [0.29, 0.717) is 0 Å². The molecule has 0 amide bonds. The maximum Gasteiger partial charge on any atom is 2.00 e. The van der Waals surface area contributed by atoms with Gasteiger partial charge in [0, 0.05) is 5.92 Å². The van der Waals surface area contributed by atoms with Crippen LogP contribution in [0.3, 0.4) is 0 Å². The second kappa shape index (κ2) is 9.69. The molecule has 10 radical (unpaired) electrons. The van der Waals surface area contributed by atoms with Crippen LogP contribution in [0.2, 0.25) is 0 Å². The molecule has 0 heterocycles. The molecule has 0 unspecified atom stereocenters. The first kappa shape index (κ1) is 15.5. The number of rotatable bonds is 2. The molecule has 1 atom stereocenters. The Labute approximate surface area is 106 Å². The maximum atomic E-state index is 9.22. The molecule has 1 N–H and O–H groups in total. The summed E-state index contributed by atoms with van der Waals surface area (Å²) in [4.78, 5) is 0. The van der Waals surface area contributed by atoms with Gasteiger partial charge in [-0.25, -0.2) is 0 Å². The largest absolute Gasteiger partial charge is 2.00 e. The fourth-order valence-electron chi connectivity index (χ4n) is 1.17. The van der Waals surface area contributed by atoms with E-state index in [1.54, 1.807) is 0 Å². The number of aliphatic hydroxyl groups is 1. The van der Waals surface area contributed by atoms with Gasteiger partial charge in [0.25, 0.3) is 0 Å². The van der Waals surface area contributed by atoms with E-state index in [9.17, 15) is 5.11 Å². The first-order valence-corrected chi connectivity index (χ1v) is 4.91. The molecular formula is C13H16FeO+2. The van der Waals surface area contributed by atoms with Gasteiger partial charge in [0.1, 0.15) is 0 Å². The Kier molecular flexibility index (Phi) is 10.00. The zero-order chi connectivity index (χ0) is 10.2. The van der Waals surface area contributed by atoms with Gasteiger partial charge in [-0.15, -0.1) is 0 Å². The van der Waals surface area contributed by atoms with E-state index < -0.39 is 0 Å². The molecule has 0 saturated heterocycles. The standard InChI is InChI=1S/C8H11O.C5H5.Fe/c1-2-8(9)7-5-3-4-6-7;1-2-4-5-3-1;/h3-6,8-9H,2H2,1H3;1-5H;/q;;+2/t8-;;/m0../s1. The van der Waals surface area contributed by atoms with E-state index in [1.165, 1.54) is 0 Å². The van der Waals surface area contributed by atoms with Crippen LogP contribution in [0.5, 0.6) is 0 Å². The number of hydrogen-bond acceptors (Lipinski definition) is 1. The fourth-order valence-corrected chi connectivity index (χ4v) is 1.17. The number of hydrogen-bond donors (Lipinski definition) is 1. The molecule has 0 aromatic heterocycles. The van der Waals surface area contributed by atoms with Crippen LogP contribution < -0.4 is 0 Å². The third kappa shape index (κ3) is 6.60. The summed E-state index contributed by atoms with van der Waals surface area (Å²) < 4.78 is 0.